The lowest BCUT2D eigenvalue weighted by atomic mass is 9.98. The highest BCUT2D eigenvalue weighted by atomic mass is 15.2. The fraction of sp³-hybridized carbons (Fsp3) is 0.200. The normalized spacial score (nSPS) is 15.7. The van der Waals surface area contributed by atoms with Gasteiger partial charge in [-0.05, 0) is 29.3 Å². The number of hydrogen-bond donors (Lipinski definition) is 2. The molecule has 0 radical (unpaired) electrons. The molecule has 2 aliphatic rings. The van der Waals surface area contributed by atoms with Crippen molar-refractivity contribution in [1.82, 2.24) is 19.9 Å². The van der Waals surface area contributed by atoms with Crippen molar-refractivity contribution < 1.29 is 0 Å². The number of anilines is 2. The third-order valence-corrected chi connectivity index (χ3v) is 6.13. The van der Waals surface area contributed by atoms with E-state index in [-0.39, 0.29) is 0 Å². The minimum atomic E-state index is 0.861. The first-order valence-electron chi connectivity index (χ1n) is 10.8. The highest BCUT2D eigenvalue weighted by Crippen LogP contribution is 2.34. The van der Waals surface area contributed by atoms with E-state index in [0.29, 0.717) is 0 Å². The van der Waals surface area contributed by atoms with Crippen LogP contribution in [0.15, 0.2) is 67.1 Å². The third kappa shape index (κ3) is 3.25. The molecule has 2 aliphatic heterocycles. The maximum atomic E-state index is 4.79. The predicted molar refractivity (Wildman–Crippen MR) is 126 cm³/mol. The Morgan fingerprint density at radius 2 is 1.74 bits per heavy atom. The summed E-state index contributed by atoms with van der Waals surface area (Å²) >= 11 is 0. The van der Waals surface area contributed by atoms with Crippen LogP contribution in [0.3, 0.4) is 0 Å². The van der Waals surface area contributed by atoms with E-state index in [9.17, 15) is 0 Å². The van der Waals surface area contributed by atoms with Gasteiger partial charge in [-0.3, -0.25) is 0 Å². The lowest BCUT2D eigenvalue weighted by Gasteiger charge is -2.29. The number of benzene rings is 2. The van der Waals surface area contributed by atoms with E-state index in [2.05, 4.69) is 81.4 Å². The zero-order valence-corrected chi connectivity index (χ0v) is 17.3. The summed E-state index contributed by atoms with van der Waals surface area (Å²) in [6, 6.07) is 15.1. The molecule has 6 heteroatoms. The first-order chi connectivity index (χ1) is 15.4. The van der Waals surface area contributed by atoms with Crippen LogP contribution in [0.4, 0.5) is 11.4 Å². The molecule has 0 bridgehead atoms. The molecule has 4 aromatic rings. The molecule has 0 aliphatic carbocycles. The van der Waals surface area contributed by atoms with E-state index >= 15 is 0 Å². The van der Waals surface area contributed by atoms with Crippen LogP contribution in [0.1, 0.15) is 5.56 Å². The zero-order valence-electron chi connectivity index (χ0n) is 17.3. The van der Waals surface area contributed by atoms with E-state index in [1.807, 2.05) is 16.9 Å². The van der Waals surface area contributed by atoms with Crippen LogP contribution < -0.4 is 15.5 Å². The van der Waals surface area contributed by atoms with E-state index in [0.717, 1.165) is 66.3 Å². The van der Waals surface area contributed by atoms with Crippen LogP contribution in [0, 0.1) is 0 Å². The van der Waals surface area contributed by atoms with Gasteiger partial charge < -0.3 is 15.5 Å². The van der Waals surface area contributed by atoms with E-state index in [4.69, 9.17) is 4.98 Å². The van der Waals surface area contributed by atoms with Gasteiger partial charge in [-0.25, -0.2) is 9.50 Å². The molecule has 2 aromatic heterocycles. The van der Waals surface area contributed by atoms with E-state index in [1.165, 1.54) is 11.3 Å². The van der Waals surface area contributed by atoms with Crippen molar-refractivity contribution in [1.29, 1.82) is 0 Å². The Hall–Kier alpha value is -3.64. The van der Waals surface area contributed by atoms with Gasteiger partial charge in [-0.2, -0.15) is 5.10 Å². The molecular formula is C25H24N6. The minimum Gasteiger partial charge on any atom is -0.381 e. The van der Waals surface area contributed by atoms with Crippen molar-refractivity contribution in [2.75, 3.05) is 42.9 Å². The second-order valence-corrected chi connectivity index (χ2v) is 8.00. The van der Waals surface area contributed by atoms with Crippen LogP contribution in [0.5, 0.6) is 0 Å². The number of aromatic nitrogens is 3. The standard InChI is InChI=1S/C25H24N6/c1-3-21(22-4-2-10-27-24(22)5-1)23-16-29-31-17-19(15-28-25(23)31)18-6-8-20(9-7-18)30-13-11-26-12-14-30/h1-9,15-17,26-27H,10-14H2. The van der Waals surface area contributed by atoms with Crippen molar-refractivity contribution in [2.45, 2.75) is 0 Å². The lowest BCUT2D eigenvalue weighted by Crippen LogP contribution is -2.43. The Morgan fingerprint density at radius 3 is 2.61 bits per heavy atom. The van der Waals surface area contributed by atoms with Gasteiger partial charge in [0.25, 0.3) is 0 Å². The van der Waals surface area contributed by atoms with E-state index in [1.54, 1.807) is 0 Å². The van der Waals surface area contributed by atoms with Gasteiger partial charge in [0.05, 0.1) is 6.20 Å². The first-order valence-corrected chi connectivity index (χ1v) is 10.8. The molecule has 1 saturated heterocycles. The molecule has 4 heterocycles. The quantitative estimate of drug-likeness (QED) is 0.538. The Morgan fingerprint density at radius 1 is 0.871 bits per heavy atom. The lowest BCUT2D eigenvalue weighted by molar-refractivity contribution is 0.589. The molecule has 2 aromatic carbocycles. The van der Waals surface area contributed by atoms with Crippen LogP contribution in [0.2, 0.25) is 0 Å². The molecule has 0 unspecified atom stereocenters. The highest BCUT2D eigenvalue weighted by molar-refractivity contribution is 5.89. The maximum absolute atomic E-state index is 4.79. The minimum absolute atomic E-state index is 0.861. The fourth-order valence-electron chi connectivity index (χ4n) is 4.48. The average Bonchev–Trinajstić information content (AvgIpc) is 3.27. The molecular weight excluding hydrogens is 384 g/mol. The van der Waals surface area contributed by atoms with E-state index < -0.39 is 0 Å². The summed E-state index contributed by atoms with van der Waals surface area (Å²) in [4.78, 5) is 7.21. The molecule has 0 saturated carbocycles. The summed E-state index contributed by atoms with van der Waals surface area (Å²) < 4.78 is 1.88. The zero-order chi connectivity index (χ0) is 20.6. The molecule has 0 atom stereocenters. The molecule has 0 spiro atoms. The summed E-state index contributed by atoms with van der Waals surface area (Å²) in [5, 5.41) is 11.4. The fourth-order valence-corrected chi connectivity index (χ4v) is 4.48. The van der Waals surface area contributed by atoms with Gasteiger partial charge in [-0.1, -0.05) is 36.4 Å². The smallest absolute Gasteiger partial charge is 0.162 e. The van der Waals surface area contributed by atoms with Crippen molar-refractivity contribution in [2.24, 2.45) is 0 Å². The topological polar surface area (TPSA) is 57.5 Å². The van der Waals surface area contributed by atoms with Gasteiger partial charge in [0.15, 0.2) is 5.65 Å². The Kier molecular flexibility index (Phi) is 4.43. The predicted octanol–water partition coefficient (Wildman–Crippen LogP) is 3.91. The Balaban J connectivity index is 1.34. The highest BCUT2D eigenvalue weighted by Gasteiger charge is 2.16. The van der Waals surface area contributed by atoms with Gasteiger partial charge in [0.1, 0.15) is 0 Å². The molecule has 31 heavy (non-hydrogen) atoms. The maximum Gasteiger partial charge on any atom is 0.162 e. The number of nitrogens with zero attached hydrogens (tertiary/aromatic N) is 4. The average molecular weight is 409 g/mol. The largest absolute Gasteiger partial charge is 0.381 e. The van der Waals surface area contributed by atoms with Gasteiger partial charge in [0, 0.05) is 73.2 Å². The second kappa shape index (κ2) is 7.56. The van der Waals surface area contributed by atoms with Crippen LogP contribution in [-0.2, 0) is 0 Å². The van der Waals surface area contributed by atoms with Crippen molar-refractivity contribution in [3.05, 3.63) is 72.7 Å². The number of piperazine rings is 1. The molecule has 154 valence electrons. The monoisotopic (exact) mass is 408 g/mol. The summed E-state index contributed by atoms with van der Waals surface area (Å²) in [6.45, 7) is 5.05. The summed E-state index contributed by atoms with van der Waals surface area (Å²) in [5.41, 5.74) is 8.89. The SMILES string of the molecule is C1=Cc2c(cccc2-c2cnn3cc(-c4ccc(N5CCNCC5)cc4)cnc23)NC1. The van der Waals surface area contributed by atoms with Crippen LogP contribution >= 0.6 is 0 Å². The molecule has 6 rings (SSSR count). The van der Waals surface area contributed by atoms with Gasteiger partial charge >= 0.3 is 0 Å². The molecule has 1 fully saturated rings. The van der Waals surface area contributed by atoms with Crippen molar-refractivity contribution in [3.8, 4) is 22.3 Å². The summed E-state index contributed by atoms with van der Waals surface area (Å²) in [7, 11) is 0. The number of hydrogen-bond acceptors (Lipinski definition) is 5. The number of fused-ring (bicyclic) bond motifs is 2. The number of rotatable bonds is 3. The summed E-state index contributed by atoms with van der Waals surface area (Å²) in [5.74, 6) is 0. The van der Waals surface area contributed by atoms with Crippen molar-refractivity contribution in [3.63, 3.8) is 0 Å². The first kappa shape index (κ1) is 18.2. The van der Waals surface area contributed by atoms with Gasteiger partial charge in [0.2, 0.25) is 0 Å². The Labute approximate surface area is 181 Å². The van der Waals surface area contributed by atoms with Crippen LogP contribution in [-0.4, -0.2) is 47.3 Å². The molecule has 0 amide bonds. The van der Waals surface area contributed by atoms with Crippen molar-refractivity contribution >= 4 is 23.1 Å². The Bertz CT molecular complexity index is 1270. The third-order valence-electron chi connectivity index (χ3n) is 6.13. The van der Waals surface area contributed by atoms with Gasteiger partial charge in [-0.15, -0.1) is 0 Å². The second-order valence-electron chi connectivity index (χ2n) is 8.00. The molecule has 6 nitrogen and oxygen atoms in total. The number of nitrogens with one attached hydrogen (secondary N) is 2. The molecule has 2 N–H and O–H groups in total. The summed E-state index contributed by atoms with van der Waals surface area (Å²) in [6.07, 6.45) is 10.3. The van der Waals surface area contributed by atoms with Crippen LogP contribution in [0.25, 0.3) is 34.0 Å².